The molecule has 0 saturated carbocycles. The van der Waals surface area contributed by atoms with Gasteiger partial charge < -0.3 is 23.4 Å². The fourth-order valence-electron chi connectivity index (χ4n) is 2.64. The molecule has 30 heavy (non-hydrogen) atoms. The first-order valence-corrected chi connectivity index (χ1v) is 9.12. The topological polar surface area (TPSA) is 92.9 Å². The Morgan fingerprint density at radius 2 is 1.67 bits per heavy atom. The maximum absolute atomic E-state index is 12.2. The summed E-state index contributed by atoms with van der Waals surface area (Å²) in [7, 11) is 4.71. The molecule has 2 aromatic carbocycles. The predicted octanol–water partition coefficient (Wildman–Crippen LogP) is 4.08. The van der Waals surface area contributed by atoms with Gasteiger partial charge in [0.1, 0.15) is 17.2 Å². The molecule has 0 saturated heterocycles. The average Bonchev–Trinajstić information content (AvgIpc) is 3.28. The van der Waals surface area contributed by atoms with Crippen LogP contribution in [-0.4, -0.2) is 37.5 Å². The number of rotatable bonds is 8. The largest absolute Gasteiger partial charge is 0.497 e. The van der Waals surface area contributed by atoms with E-state index in [1.165, 1.54) is 6.08 Å². The molecule has 0 unspecified atom stereocenters. The zero-order chi connectivity index (χ0) is 21.5. The summed E-state index contributed by atoms with van der Waals surface area (Å²) >= 11 is 0. The third-order valence-electron chi connectivity index (χ3n) is 4.25. The SMILES string of the molecule is COc1ccc(-c2nnc([C@H](C)OC(=O)/C=C/c3cc(OC)ccc3OC)o2)cc1. The van der Waals surface area contributed by atoms with E-state index in [9.17, 15) is 4.79 Å². The van der Waals surface area contributed by atoms with E-state index in [1.54, 1.807) is 76.8 Å². The van der Waals surface area contributed by atoms with Gasteiger partial charge in [0.05, 0.1) is 21.3 Å². The van der Waals surface area contributed by atoms with Gasteiger partial charge in [0.25, 0.3) is 5.89 Å². The molecule has 1 aromatic heterocycles. The molecule has 8 nitrogen and oxygen atoms in total. The molecule has 0 fully saturated rings. The molecule has 0 radical (unpaired) electrons. The number of hydrogen-bond acceptors (Lipinski definition) is 8. The fraction of sp³-hybridized carbons (Fsp3) is 0.227. The van der Waals surface area contributed by atoms with Crippen LogP contribution in [0.1, 0.15) is 24.5 Å². The Bertz CT molecular complexity index is 1030. The minimum atomic E-state index is -0.714. The van der Waals surface area contributed by atoms with Gasteiger partial charge >= 0.3 is 5.97 Å². The van der Waals surface area contributed by atoms with E-state index in [4.69, 9.17) is 23.4 Å². The lowest BCUT2D eigenvalue weighted by Crippen LogP contribution is -2.06. The molecule has 3 rings (SSSR count). The highest BCUT2D eigenvalue weighted by Crippen LogP contribution is 2.26. The van der Waals surface area contributed by atoms with Gasteiger partial charge in [0.2, 0.25) is 5.89 Å². The van der Waals surface area contributed by atoms with Crippen LogP contribution in [0.3, 0.4) is 0 Å². The van der Waals surface area contributed by atoms with Crippen molar-refractivity contribution in [1.29, 1.82) is 0 Å². The Labute approximate surface area is 174 Å². The summed E-state index contributed by atoms with van der Waals surface area (Å²) in [6.45, 7) is 1.66. The average molecular weight is 410 g/mol. The van der Waals surface area contributed by atoms with Crippen molar-refractivity contribution in [2.45, 2.75) is 13.0 Å². The number of methoxy groups -OCH3 is 3. The van der Waals surface area contributed by atoms with Crippen LogP contribution < -0.4 is 14.2 Å². The zero-order valence-corrected chi connectivity index (χ0v) is 17.1. The highest BCUT2D eigenvalue weighted by Gasteiger charge is 2.18. The summed E-state index contributed by atoms with van der Waals surface area (Å²) in [4.78, 5) is 12.2. The van der Waals surface area contributed by atoms with Crippen molar-refractivity contribution in [1.82, 2.24) is 10.2 Å². The van der Waals surface area contributed by atoms with Crippen LogP contribution in [0.25, 0.3) is 17.5 Å². The van der Waals surface area contributed by atoms with E-state index in [-0.39, 0.29) is 5.89 Å². The van der Waals surface area contributed by atoms with Crippen LogP contribution in [0.4, 0.5) is 0 Å². The maximum atomic E-state index is 12.2. The molecule has 0 spiro atoms. The van der Waals surface area contributed by atoms with E-state index < -0.39 is 12.1 Å². The van der Waals surface area contributed by atoms with Gasteiger partial charge in [-0.1, -0.05) is 0 Å². The highest BCUT2D eigenvalue weighted by atomic mass is 16.6. The van der Waals surface area contributed by atoms with Gasteiger partial charge in [0, 0.05) is 17.2 Å². The molecule has 0 amide bonds. The zero-order valence-electron chi connectivity index (χ0n) is 17.1. The molecule has 156 valence electrons. The third kappa shape index (κ3) is 4.96. The number of benzene rings is 2. The first-order chi connectivity index (χ1) is 14.5. The molecule has 0 aliphatic carbocycles. The van der Waals surface area contributed by atoms with Crippen LogP contribution in [0, 0.1) is 0 Å². The fourth-order valence-corrected chi connectivity index (χ4v) is 2.64. The Kier molecular flexibility index (Phi) is 6.69. The molecule has 0 aliphatic heterocycles. The van der Waals surface area contributed by atoms with E-state index in [0.29, 0.717) is 23.0 Å². The van der Waals surface area contributed by atoms with Gasteiger partial charge in [-0.15, -0.1) is 10.2 Å². The van der Waals surface area contributed by atoms with Crippen LogP contribution >= 0.6 is 0 Å². The number of aromatic nitrogens is 2. The predicted molar refractivity (Wildman–Crippen MR) is 109 cm³/mol. The van der Waals surface area contributed by atoms with Crippen molar-refractivity contribution < 1.29 is 28.2 Å². The number of carbonyl (C=O) groups excluding carboxylic acids is 1. The minimum absolute atomic E-state index is 0.196. The Hall–Kier alpha value is -3.81. The second kappa shape index (κ2) is 9.60. The molecular weight excluding hydrogens is 388 g/mol. The van der Waals surface area contributed by atoms with E-state index in [2.05, 4.69) is 10.2 Å². The number of hydrogen-bond donors (Lipinski definition) is 0. The first kappa shape index (κ1) is 20.9. The summed E-state index contributed by atoms with van der Waals surface area (Å²) in [5.74, 6) is 1.94. The molecule has 1 atom stereocenters. The van der Waals surface area contributed by atoms with E-state index in [0.717, 1.165) is 11.3 Å². The van der Waals surface area contributed by atoms with Gasteiger partial charge in [-0.3, -0.25) is 0 Å². The van der Waals surface area contributed by atoms with Crippen molar-refractivity contribution in [3.63, 3.8) is 0 Å². The normalized spacial score (nSPS) is 11.9. The van der Waals surface area contributed by atoms with Crippen molar-refractivity contribution >= 4 is 12.0 Å². The molecule has 0 bridgehead atoms. The summed E-state index contributed by atoms with van der Waals surface area (Å²) in [6.07, 6.45) is 2.18. The Morgan fingerprint density at radius 3 is 2.33 bits per heavy atom. The molecule has 1 heterocycles. The second-order valence-corrected chi connectivity index (χ2v) is 6.19. The monoisotopic (exact) mass is 410 g/mol. The van der Waals surface area contributed by atoms with Gasteiger partial charge in [-0.25, -0.2) is 4.79 Å². The van der Waals surface area contributed by atoms with Crippen molar-refractivity contribution in [3.8, 4) is 28.7 Å². The standard InChI is InChI=1S/C22H22N2O6/c1-14(21-23-24-22(30-21)15-5-8-17(26-2)9-6-15)29-20(25)12-7-16-13-18(27-3)10-11-19(16)28-4/h5-14H,1-4H3/b12-7+/t14-/m0/s1. The van der Waals surface area contributed by atoms with Crippen molar-refractivity contribution in [3.05, 3.63) is 60.0 Å². The summed E-state index contributed by atoms with van der Waals surface area (Å²) in [6, 6.07) is 12.5. The summed E-state index contributed by atoms with van der Waals surface area (Å²) < 4.78 is 26.6. The van der Waals surface area contributed by atoms with E-state index >= 15 is 0 Å². The van der Waals surface area contributed by atoms with Gasteiger partial charge in [-0.05, 0) is 55.5 Å². The van der Waals surface area contributed by atoms with Gasteiger partial charge in [-0.2, -0.15) is 0 Å². The number of ether oxygens (including phenoxy) is 4. The number of carbonyl (C=O) groups is 1. The minimum Gasteiger partial charge on any atom is -0.497 e. The number of esters is 1. The third-order valence-corrected chi connectivity index (χ3v) is 4.25. The number of nitrogens with zero attached hydrogens (tertiary/aromatic N) is 2. The maximum Gasteiger partial charge on any atom is 0.331 e. The van der Waals surface area contributed by atoms with Crippen LogP contribution in [0.15, 0.2) is 53.0 Å². The van der Waals surface area contributed by atoms with Gasteiger partial charge in [0.15, 0.2) is 6.10 Å². The van der Waals surface area contributed by atoms with Crippen LogP contribution in [0.2, 0.25) is 0 Å². The van der Waals surface area contributed by atoms with Crippen molar-refractivity contribution in [2.75, 3.05) is 21.3 Å². The molecule has 0 N–H and O–H groups in total. The van der Waals surface area contributed by atoms with Crippen LogP contribution in [0.5, 0.6) is 17.2 Å². The molecule has 0 aliphatic rings. The summed E-state index contributed by atoms with van der Waals surface area (Å²) in [5.41, 5.74) is 1.42. The summed E-state index contributed by atoms with van der Waals surface area (Å²) in [5, 5.41) is 7.98. The smallest absolute Gasteiger partial charge is 0.331 e. The lowest BCUT2D eigenvalue weighted by atomic mass is 10.1. The van der Waals surface area contributed by atoms with Crippen molar-refractivity contribution in [2.24, 2.45) is 0 Å². The van der Waals surface area contributed by atoms with E-state index in [1.807, 2.05) is 0 Å². The molecule has 3 aromatic rings. The van der Waals surface area contributed by atoms with Crippen LogP contribution in [-0.2, 0) is 9.53 Å². The second-order valence-electron chi connectivity index (χ2n) is 6.19. The first-order valence-electron chi connectivity index (χ1n) is 9.12. The lowest BCUT2D eigenvalue weighted by molar-refractivity contribution is -0.143. The molecule has 8 heteroatoms. The highest BCUT2D eigenvalue weighted by molar-refractivity contribution is 5.87. The Balaban J connectivity index is 1.66. The molecular formula is C22H22N2O6. The quantitative estimate of drug-likeness (QED) is 0.405. The Morgan fingerprint density at radius 1 is 0.967 bits per heavy atom. The lowest BCUT2D eigenvalue weighted by Gasteiger charge is -2.08.